The molecule has 0 atom stereocenters. The average Bonchev–Trinajstić information content (AvgIpc) is 3.05. The summed E-state index contributed by atoms with van der Waals surface area (Å²) in [6.07, 6.45) is 0. The van der Waals surface area contributed by atoms with Crippen LogP contribution in [0.1, 0.15) is 11.6 Å². The molecule has 1 aliphatic rings. The van der Waals surface area contributed by atoms with Gasteiger partial charge in [0.1, 0.15) is 11.6 Å². The molecule has 0 fully saturated rings. The van der Waals surface area contributed by atoms with Gasteiger partial charge in [-0.05, 0) is 31.2 Å². The van der Waals surface area contributed by atoms with Crippen molar-refractivity contribution in [3.05, 3.63) is 60.2 Å². The lowest BCUT2D eigenvalue weighted by Crippen LogP contribution is -2.05. The number of nitrogens with zero attached hydrogens (tertiary/aromatic N) is 5. The van der Waals surface area contributed by atoms with Crippen LogP contribution >= 0.6 is 0 Å². The summed E-state index contributed by atoms with van der Waals surface area (Å²) < 4.78 is 4.35. The van der Waals surface area contributed by atoms with Crippen LogP contribution < -0.4 is 0 Å². The van der Waals surface area contributed by atoms with E-state index in [1.165, 1.54) is 0 Å². The number of imidazole rings is 1. The monoisotopic (exact) mass is 287 g/mol. The molecule has 0 N–H and O–H groups in total. The predicted molar refractivity (Wildman–Crippen MR) is 83.9 cm³/mol. The molecule has 0 unspecified atom stereocenters. The third-order valence-electron chi connectivity index (χ3n) is 4.23. The molecule has 4 aromatic rings. The van der Waals surface area contributed by atoms with Crippen molar-refractivity contribution in [1.29, 1.82) is 0 Å². The normalized spacial score (nSPS) is 12.6. The van der Waals surface area contributed by atoms with E-state index in [-0.39, 0.29) is 0 Å². The molecule has 3 heterocycles. The number of para-hydroxylation sites is 3. The van der Waals surface area contributed by atoms with Crippen LogP contribution in [-0.2, 0) is 6.54 Å². The van der Waals surface area contributed by atoms with E-state index in [1.807, 2.05) is 31.2 Å². The summed E-state index contributed by atoms with van der Waals surface area (Å²) >= 11 is 0. The maximum Gasteiger partial charge on any atom is 0.157 e. The first-order valence-electron chi connectivity index (χ1n) is 7.29. The molecule has 5 heteroatoms. The molecule has 106 valence electrons. The molecule has 0 bridgehead atoms. The Morgan fingerprint density at radius 1 is 0.955 bits per heavy atom. The predicted octanol–water partition coefficient (Wildman–Crippen LogP) is 2.95. The molecule has 5 rings (SSSR count). The van der Waals surface area contributed by atoms with E-state index in [4.69, 9.17) is 4.98 Å². The van der Waals surface area contributed by atoms with E-state index in [0.717, 1.165) is 39.8 Å². The largest absolute Gasteiger partial charge is 0.316 e. The summed E-state index contributed by atoms with van der Waals surface area (Å²) in [4.78, 5) is 4.85. The first-order valence-corrected chi connectivity index (χ1v) is 7.29. The fourth-order valence-corrected chi connectivity index (χ4v) is 3.26. The molecule has 0 spiro atoms. The summed E-state index contributed by atoms with van der Waals surface area (Å²) in [7, 11) is 0. The van der Waals surface area contributed by atoms with E-state index < -0.39 is 0 Å². The molecule has 0 aliphatic carbocycles. The van der Waals surface area contributed by atoms with Gasteiger partial charge in [-0.25, -0.2) is 4.98 Å². The van der Waals surface area contributed by atoms with Crippen LogP contribution in [0.3, 0.4) is 0 Å². The van der Waals surface area contributed by atoms with Crippen LogP contribution in [-0.4, -0.2) is 24.3 Å². The van der Waals surface area contributed by atoms with Crippen molar-refractivity contribution in [3.8, 4) is 17.1 Å². The molecular formula is C17H13N5. The quantitative estimate of drug-likeness (QED) is 0.440. The summed E-state index contributed by atoms with van der Waals surface area (Å²) in [5.74, 6) is 2.83. The van der Waals surface area contributed by atoms with Gasteiger partial charge in [-0.3, -0.25) is 4.57 Å². The molecule has 0 amide bonds. The van der Waals surface area contributed by atoms with Crippen molar-refractivity contribution in [2.24, 2.45) is 0 Å². The lowest BCUT2D eigenvalue weighted by molar-refractivity contribution is 0.760. The Labute approximate surface area is 126 Å². The summed E-state index contributed by atoms with van der Waals surface area (Å²) in [5.41, 5.74) is 4.34. The van der Waals surface area contributed by atoms with E-state index in [2.05, 4.69) is 43.6 Å². The minimum Gasteiger partial charge on any atom is -0.316 e. The summed E-state index contributed by atoms with van der Waals surface area (Å²) in [6.45, 7) is 2.66. The standard InChI is InChI=1S/C17H13N5/c1-11-19-20-16-10-21-15-9-5-3-7-13(15)18-17(21)12-6-2-4-8-14(12)22(11)16/h2-9H,10H2,1H3. The van der Waals surface area contributed by atoms with Crippen molar-refractivity contribution in [2.45, 2.75) is 13.5 Å². The fraction of sp³-hybridized carbons (Fsp3) is 0.118. The second-order valence-corrected chi connectivity index (χ2v) is 5.53. The summed E-state index contributed by atoms with van der Waals surface area (Å²) in [6, 6.07) is 16.5. The van der Waals surface area contributed by atoms with Crippen molar-refractivity contribution in [3.63, 3.8) is 0 Å². The fourth-order valence-electron chi connectivity index (χ4n) is 3.26. The zero-order chi connectivity index (χ0) is 14.7. The topological polar surface area (TPSA) is 48.5 Å². The maximum atomic E-state index is 4.85. The molecule has 2 aromatic heterocycles. The second-order valence-electron chi connectivity index (χ2n) is 5.53. The summed E-state index contributed by atoms with van der Waals surface area (Å²) in [5, 5.41) is 8.62. The first kappa shape index (κ1) is 11.7. The number of hydrogen-bond acceptors (Lipinski definition) is 3. The highest BCUT2D eigenvalue weighted by Gasteiger charge is 2.24. The van der Waals surface area contributed by atoms with Crippen LogP contribution in [0.15, 0.2) is 48.5 Å². The van der Waals surface area contributed by atoms with Gasteiger partial charge in [0.05, 0.1) is 23.3 Å². The highest BCUT2D eigenvalue weighted by molar-refractivity contribution is 5.83. The Balaban J connectivity index is 1.95. The number of fused-ring (bicyclic) bond motifs is 7. The Hall–Kier alpha value is -2.95. The molecule has 0 radical (unpaired) electrons. The van der Waals surface area contributed by atoms with Gasteiger partial charge in [-0.2, -0.15) is 0 Å². The molecule has 2 aromatic carbocycles. The molecule has 5 nitrogen and oxygen atoms in total. The van der Waals surface area contributed by atoms with Crippen molar-refractivity contribution >= 4 is 11.0 Å². The minimum atomic E-state index is 0.672. The zero-order valence-electron chi connectivity index (χ0n) is 12.1. The SMILES string of the molecule is Cc1nnc2n1-c1ccccc1-c1nc3ccccc3n1C2. The van der Waals surface area contributed by atoms with E-state index in [9.17, 15) is 0 Å². The van der Waals surface area contributed by atoms with Gasteiger partial charge in [0, 0.05) is 5.56 Å². The van der Waals surface area contributed by atoms with Gasteiger partial charge in [-0.15, -0.1) is 10.2 Å². The number of rotatable bonds is 0. The van der Waals surface area contributed by atoms with Crippen molar-refractivity contribution in [1.82, 2.24) is 24.3 Å². The second kappa shape index (κ2) is 4.04. The third kappa shape index (κ3) is 1.40. The van der Waals surface area contributed by atoms with Gasteiger partial charge in [0.2, 0.25) is 0 Å². The van der Waals surface area contributed by atoms with E-state index in [0.29, 0.717) is 6.54 Å². The van der Waals surface area contributed by atoms with Crippen LogP contribution in [0.2, 0.25) is 0 Å². The number of aromatic nitrogens is 5. The van der Waals surface area contributed by atoms with Crippen molar-refractivity contribution < 1.29 is 0 Å². The Morgan fingerprint density at radius 3 is 2.73 bits per heavy atom. The smallest absolute Gasteiger partial charge is 0.157 e. The highest BCUT2D eigenvalue weighted by atomic mass is 15.3. The Bertz CT molecular complexity index is 1020. The van der Waals surface area contributed by atoms with Crippen LogP contribution in [0.25, 0.3) is 28.1 Å². The van der Waals surface area contributed by atoms with E-state index in [1.54, 1.807) is 0 Å². The van der Waals surface area contributed by atoms with Crippen LogP contribution in [0.5, 0.6) is 0 Å². The number of hydrogen-bond donors (Lipinski definition) is 0. The molecular weight excluding hydrogens is 274 g/mol. The van der Waals surface area contributed by atoms with Gasteiger partial charge >= 0.3 is 0 Å². The molecule has 0 saturated heterocycles. The van der Waals surface area contributed by atoms with Gasteiger partial charge in [-0.1, -0.05) is 24.3 Å². The third-order valence-corrected chi connectivity index (χ3v) is 4.23. The Morgan fingerprint density at radius 2 is 1.77 bits per heavy atom. The van der Waals surface area contributed by atoms with E-state index >= 15 is 0 Å². The zero-order valence-corrected chi connectivity index (χ0v) is 12.1. The maximum absolute atomic E-state index is 4.85. The Kier molecular flexibility index (Phi) is 2.14. The highest BCUT2D eigenvalue weighted by Crippen LogP contribution is 2.33. The van der Waals surface area contributed by atoms with Gasteiger partial charge in [0.15, 0.2) is 5.82 Å². The van der Waals surface area contributed by atoms with Crippen LogP contribution in [0.4, 0.5) is 0 Å². The molecule has 1 aliphatic heterocycles. The minimum absolute atomic E-state index is 0.672. The average molecular weight is 287 g/mol. The van der Waals surface area contributed by atoms with Gasteiger partial charge < -0.3 is 4.57 Å². The molecule has 0 saturated carbocycles. The lowest BCUT2D eigenvalue weighted by atomic mass is 10.1. The van der Waals surface area contributed by atoms with Crippen molar-refractivity contribution in [2.75, 3.05) is 0 Å². The first-order chi connectivity index (χ1) is 10.8. The molecule has 22 heavy (non-hydrogen) atoms. The number of benzene rings is 2. The lowest BCUT2D eigenvalue weighted by Gasteiger charge is -2.08. The number of aryl methyl sites for hydroxylation is 1. The van der Waals surface area contributed by atoms with Gasteiger partial charge in [0.25, 0.3) is 0 Å². The van der Waals surface area contributed by atoms with Crippen LogP contribution in [0, 0.1) is 6.92 Å².